The lowest BCUT2D eigenvalue weighted by molar-refractivity contribution is -0.118. The number of para-hydroxylation sites is 1. The largest absolute Gasteiger partial charge is 0.494 e. The molecule has 2 aromatic carbocycles. The van der Waals surface area contributed by atoms with Crippen LogP contribution in [-0.4, -0.2) is 33.6 Å². The van der Waals surface area contributed by atoms with Gasteiger partial charge in [-0.2, -0.15) is 0 Å². The number of hydrogen-bond donors (Lipinski definition) is 0. The molecule has 0 radical (unpaired) electrons. The van der Waals surface area contributed by atoms with Crippen molar-refractivity contribution < 1.29 is 9.53 Å². The van der Waals surface area contributed by atoms with Crippen LogP contribution in [-0.2, 0) is 17.8 Å². The number of imidazole rings is 1. The van der Waals surface area contributed by atoms with E-state index in [2.05, 4.69) is 24.0 Å². The number of benzene rings is 2. The van der Waals surface area contributed by atoms with Crippen LogP contribution in [0.2, 0.25) is 0 Å². The summed E-state index contributed by atoms with van der Waals surface area (Å²) in [5.41, 5.74) is 3.05. The zero-order chi connectivity index (χ0) is 21.6. The van der Waals surface area contributed by atoms with E-state index >= 15 is 0 Å². The lowest BCUT2D eigenvalue weighted by Gasteiger charge is -2.20. The van der Waals surface area contributed by atoms with Crippen LogP contribution in [0.3, 0.4) is 0 Å². The summed E-state index contributed by atoms with van der Waals surface area (Å²) in [5, 5.41) is 0.755. The molecule has 32 heavy (non-hydrogen) atoms. The zero-order valence-electron chi connectivity index (χ0n) is 18.2. The van der Waals surface area contributed by atoms with Crippen molar-refractivity contribution in [2.45, 2.75) is 33.2 Å². The third kappa shape index (κ3) is 5.66. The third-order valence-electron chi connectivity index (χ3n) is 5.09. The first kappa shape index (κ1) is 23.8. The molecule has 4 rings (SSSR count). The maximum Gasteiger partial charge on any atom is 0.233 e. The normalized spacial score (nSPS) is 10.7. The van der Waals surface area contributed by atoms with E-state index in [1.807, 2.05) is 52.9 Å². The van der Waals surface area contributed by atoms with E-state index in [0.29, 0.717) is 19.6 Å². The van der Waals surface area contributed by atoms with Gasteiger partial charge in [-0.25, -0.2) is 9.97 Å². The summed E-state index contributed by atoms with van der Waals surface area (Å²) in [4.78, 5) is 24.1. The molecule has 8 heteroatoms. The van der Waals surface area contributed by atoms with E-state index in [9.17, 15) is 4.79 Å². The summed E-state index contributed by atoms with van der Waals surface area (Å²) in [7, 11) is 0. The van der Waals surface area contributed by atoms with Gasteiger partial charge in [-0.15, -0.1) is 12.4 Å². The monoisotopic (exact) mass is 470 g/mol. The van der Waals surface area contributed by atoms with E-state index in [-0.39, 0.29) is 18.3 Å². The van der Waals surface area contributed by atoms with Gasteiger partial charge in [-0.1, -0.05) is 35.6 Å². The second-order valence-corrected chi connectivity index (χ2v) is 8.38. The number of carbonyl (C=O) groups is 1. The van der Waals surface area contributed by atoms with Crippen LogP contribution in [0.4, 0.5) is 5.13 Å². The number of amides is 1. The fourth-order valence-electron chi connectivity index (χ4n) is 3.49. The molecule has 168 valence electrons. The molecule has 0 unspecified atom stereocenters. The average molecular weight is 471 g/mol. The highest BCUT2D eigenvalue weighted by Crippen LogP contribution is 2.31. The molecule has 0 bridgehead atoms. The molecule has 4 aromatic rings. The lowest BCUT2D eigenvalue weighted by Crippen LogP contribution is -2.33. The number of rotatable bonds is 9. The summed E-state index contributed by atoms with van der Waals surface area (Å²) in [6, 6.07) is 13.9. The van der Waals surface area contributed by atoms with Gasteiger partial charge in [-0.3, -0.25) is 9.69 Å². The number of fused-ring (bicyclic) bond motifs is 1. The number of thiazole rings is 1. The number of aryl methyl sites for hydroxylation is 2. The summed E-state index contributed by atoms with van der Waals surface area (Å²) >= 11 is 1.57. The van der Waals surface area contributed by atoms with Gasteiger partial charge in [0.25, 0.3) is 0 Å². The second kappa shape index (κ2) is 11.1. The first-order valence-electron chi connectivity index (χ1n) is 10.5. The Kier molecular flexibility index (Phi) is 8.25. The van der Waals surface area contributed by atoms with Gasteiger partial charge in [-0.05, 0) is 49.6 Å². The zero-order valence-corrected chi connectivity index (χ0v) is 19.9. The Balaban J connectivity index is 0.00000289. The molecule has 0 aliphatic carbocycles. The SMILES string of the molecule is CCOc1ccc(CC(=O)N(CCCn2ccnc2)c2nc3c(C)cccc3s2)cc1.Cl. The number of carbonyl (C=O) groups excluding carboxylic acids is 1. The Hall–Kier alpha value is -2.90. The second-order valence-electron chi connectivity index (χ2n) is 7.37. The predicted molar refractivity (Wildman–Crippen MR) is 132 cm³/mol. The quantitative estimate of drug-likeness (QED) is 0.333. The van der Waals surface area contributed by atoms with E-state index in [1.165, 1.54) is 0 Å². The van der Waals surface area contributed by atoms with Crippen LogP contribution >= 0.6 is 23.7 Å². The van der Waals surface area contributed by atoms with E-state index < -0.39 is 0 Å². The Bertz CT molecular complexity index is 1140. The summed E-state index contributed by atoms with van der Waals surface area (Å²) in [6.45, 7) is 6.04. The van der Waals surface area contributed by atoms with Gasteiger partial charge < -0.3 is 9.30 Å². The molecule has 2 heterocycles. The van der Waals surface area contributed by atoms with Crippen molar-refractivity contribution in [1.29, 1.82) is 0 Å². The molecule has 0 fully saturated rings. The summed E-state index contributed by atoms with van der Waals surface area (Å²) in [6.07, 6.45) is 6.65. The minimum atomic E-state index is 0. The molecular formula is C24H27ClN4O2S. The Morgan fingerprint density at radius 2 is 2.00 bits per heavy atom. The van der Waals surface area contributed by atoms with Crippen molar-refractivity contribution in [3.05, 3.63) is 72.3 Å². The standard InChI is InChI=1S/C24H26N4O2S.ClH/c1-3-30-20-10-8-19(9-11-20)16-22(29)28(14-5-13-27-15-12-25-17-27)24-26-23-18(2)6-4-7-21(23)31-24;/h4,6-12,15,17H,3,5,13-14,16H2,1-2H3;1H. The average Bonchev–Trinajstić information content (AvgIpc) is 3.43. The molecule has 0 saturated heterocycles. The lowest BCUT2D eigenvalue weighted by atomic mass is 10.1. The predicted octanol–water partition coefficient (Wildman–Crippen LogP) is 5.29. The molecule has 0 spiro atoms. The van der Waals surface area contributed by atoms with Crippen LogP contribution in [0.1, 0.15) is 24.5 Å². The minimum absolute atomic E-state index is 0. The van der Waals surface area contributed by atoms with E-state index in [0.717, 1.165) is 45.2 Å². The smallest absolute Gasteiger partial charge is 0.233 e. The third-order valence-corrected chi connectivity index (χ3v) is 6.13. The number of halogens is 1. The van der Waals surface area contributed by atoms with Crippen LogP contribution in [0, 0.1) is 6.92 Å². The summed E-state index contributed by atoms with van der Waals surface area (Å²) < 4.78 is 8.63. The maximum absolute atomic E-state index is 13.3. The molecule has 0 aliphatic heterocycles. The topological polar surface area (TPSA) is 60.2 Å². The van der Waals surface area contributed by atoms with Gasteiger partial charge >= 0.3 is 0 Å². The number of anilines is 1. The number of hydrogen-bond acceptors (Lipinski definition) is 5. The minimum Gasteiger partial charge on any atom is -0.494 e. The molecule has 6 nitrogen and oxygen atoms in total. The fraction of sp³-hybridized carbons (Fsp3) is 0.292. The van der Waals surface area contributed by atoms with Crippen molar-refractivity contribution >= 4 is 45.0 Å². The maximum atomic E-state index is 13.3. The van der Waals surface area contributed by atoms with Crippen molar-refractivity contribution in [3.63, 3.8) is 0 Å². The molecule has 0 atom stereocenters. The first-order valence-corrected chi connectivity index (χ1v) is 11.3. The van der Waals surface area contributed by atoms with Crippen molar-refractivity contribution in [3.8, 4) is 5.75 Å². The molecule has 1 amide bonds. The Labute approximate surface area is 198 Å². The van der Waals surface area contributed by atoms with Crippen molar-refractivity contribution in [1.82, 2.24) is 14.5 Å². The van der Waals surface area contributed by atoms with Crippen LogP contribution < -0.4 is 9.64 Å². The Morgan fingerprint density at radius 1 is 1.19 bits per heavy atom. The Morgan fingerprint density at radius 3 is 2.69 bits per heavy atom. The van der Waals surface area contributed by atoms with E-state index in [4.69, 9.17) is 9.72 Å². The van der Waals surface area contributed by atoms with E-state index in [1.54, 1.807) is 23.9 Å². The number of nitrogens with zero attached hydrogens (tertiary/aromatic N) is 4. The van der Waals surface area contributed by atoms with Gasteiger partial charge in [0, 0.05) is 25.5 Å². The molecule has 0 saturated carbocycles. The van der Waals surface area contributed by atoms with Crippen LogP contribution in [0.15, 0.2) is 61.2 Å². The molecule has 2 aromatic heterocycles. The highest BCUT2D eigenvalue weighted by atomic mass is 35.5. The van der Waals surface area contributed by atoms with Gasteiger partial charge in [0.2, 0.25) is 5.91 Å². The highest BCUT2D eigenvalue weighted by Gasteiger charge is 2.20. The molecular weight excluding hydrogens is 444 g/mol. The van der Waals surface area contributed by atoms with Crippen molar-refractivity contribution in [2.75, 3.05) is 18.1 Å². The van der Waals surface area contributed by atoms with Gasteiger partial charge in [0.05, 0.1) is 29.6 Å². The summed E-state index contributed by atoms with van der Waals surface area (Å²) in [5.74, 6) is 0.865. The van der Waals surface area contributed by atoms with Gasteiger partial charge in [0.1, 0.15) is 5.75 Å². The highest BCUT2D eigenvalue weighted by molar-refractivity contribution is 7.22. The first-order chi connectivity index (χ1) is 15.1. The van der Waals surface area contributed by atoms with Crippen LogP contribution in [0.5, 0.6) is 5.75 Å². The molecule has 0 N–H and O–H groups in total. The number of aromatic nitrogens is 3. The van der Waals surface area contributed by atoms with Crippen molar-refractivity contribution in [2.24, 2.45) is 0 Å². The fourth-order valence-corrected chi connectivity index (χ4v) is 4.57. The van der Waals surface area contributed by atoms with Crippen LogP contribution in [0.25, 0.3) is 10.2 Å². The number of ether oxygens (including phenoxy) is 1. The van der Waals surface area contributed by atoms with Gasteiger partial charge in [0.15, 0.2) is 5.13 Å². The molecule has 0 aliphatic rings.